The molecular formula is C15H21N3O3. The lowest BCUT2D eigenvalue weighted by molar-refractivity contribution is 0.0696. The first kappa shape index (κ1) is 15.3. The summed E-state index contributed by atoms with van der Waals surface area (Å²) in [4.78, 5) is 26.8. The zero-order valence-corrected chi connectivity index (χ0v) is 12.6. The molecule has 1 aliphatic rings. The number of carbonyl (C=O) groups is 2. The Morgan fingerprint density at radius 2 is 2.00 bits per heavy atom. The second kappa shape index (κ2) is 6.13. The molecule has 21 heavy (non-hydrogen) atoms. The van der Waals surface area contributed by atoms with Crippen LogP contribution in [0, 0.1) is 0 Å². The average molecular weight is 291 g/mol. The Balaban J connectivity index is 1.96. The highest BCUT2D eigenvalue weighted by Crippen LogP contribution is 2.23. The molecule has 0 aromatic heterocycles. The third kappa shape index (κ3) is 3.52. The number of aromatic carboxylic acids is 1. The Morgan fingerprint density at radius 1 is 1.33 bits per heavy atom. The molecule has 0 radical (unpaired) electrons. The fourth-order valence-electron chi connectivity index (χ4n) is 2.20. The number of nitrogens with zero attached hydrogens (tertiary/aromatic N) is 2. The molecule has 0 bridgehead atoms. The van der Waals surface area contributed by atoms with E-state index < -0.39 is 5.97 Å². The third-order valence-electron chi connectivity index (χ3n) is 3.89. The van der Waals surface area contributed by atoms with E-state index in [0.717, 1.165) is 11.1 Å². The molecule has 0 spiro atoms. The Kier molecular flexibility index (Phi) is 4.47. The molecule has 2 amide bonds. The van der Waals surface area contributed by atoms with Crippen LogP contribution in [0.5, 0.6) is 0 Å². The first-order chi connectivity index (χ1) is 9.88. The topological polar surface area (TPSA) is 72.9 Å². The highest BCUT2D eigenvalue weighted by molar-refractivity contribution is 5.88. The van der Waals surface area contributed by atoms with Crippen molar-refractivity contribution in [2.24, 2.45) is 0 Å². The van der Waals surface area contributed by atoms with Gasteiger partial charge in [0.2, 0.25) is 0 Å². The van der Waals surface area contributed by atoms with Crippen LogP contribution in [-0.4, -0.2) is 53.6 Å². The summed E-state index contributed by atoms with van der Waals surface area (Å²) in [5.41, 5.74) is 2.18. The van der Waals surface area contributed by atoms with Crippen molar-refractivity contribution < 1.29 is 14.7 Å². The van der Waals surface area contributed by atoms with E-state index in [1.165, 1.54) is 0 Å². The molecule has 1 heterocycles. The average Bonchev–Trinajstić information content (AvgIpc) is 2.86. The quantitative estimate of drug-likeness (QED) is 0.878. The maximum Gasteiger partial charge on any atom is 0.335 e. The maximum atomic E-state index is 12.1. The van der Waals surface area contributed by atoms with Crippen molar-refractivity contribution in [1.29, 1.82) is 0 Å². The number of hydrogen-bond acceptors (Lipinski definition) is 3. The monoisotopic (exact) mass is 291 g/mol. The van der Waals surface area contributed by atoms with Crippen molar-refractivity contribution in [3.8, 4) is 0 Å². The number of nitrogens with one attached hydrogen (secondary N) is 1. The maximum absolute atomic E-state index is 12.1. The minimum atomic E-state index is -0.944. The summed E-state index contributed by atoms with van der Waals surface area (Å²) >= 11 is 0. The number of carbonyl (C=O) groups excluding carboxylic acids is 1. The smallest absolute Gasteiger partial charge is 0.335 e. The fourth-order valence-corrected chi connectivity index (χ4v) is 2.20. The van der Waals surface area contributed by atoms with Crippen LogP contribution in [0.4, 0.5) is 4.79 Å². The first-order valence-electron chi connectivity index (χ1n) is 6.92. The predicted molar refractivity (Wildman–Crippen MR) is 79.2 cm³/mol. The Labute approximate surface area is 124 Å². The van der Waals surface area contributed by atoms with Gasteiger partial charge in [0.1, 0.15) is 0 Å². The van der Waals surface area contributed by atoms with E-state index in [-0.39, 0.29) is 17.6 Å². The lowest BCUT2D eigenvalue weighted by atomic mass is 10.1. The van der Waals surface area contributed by atoms with Crippen LogP contribution in [0.1, 0.15) is 28.4 Å². The Morgan fingerprint density at radius 3 is 2.62 bits per heavy atom. The zero-order valence-electron chi connectivity index (χ0n) is 12.6. The first-order valence-corrected chi connectivity index (χ1v) is 6.92. The van der Waals surface area contributed by atoms with Gasteiger partial charge in [-0.05, 0) is 44.3 Å². The van der Waals surface area contributed by atoms with Gasteiger partial charge in [-0.3, -0.25) is 0 Å². The minimum Gasteiger partial charge on any atom is -0.478 e. The van der Waals surface area contributed by atoms with Crippen molar-refractivity contribution in [3.63, 3.8) is 0 Å². The van der Waals surface area contributed by atoms with E-state index in [4.69, 9.17) is 5.11 Å². The highest BCUT2D eigenvalue weighted by Gasteiger charge is 2.24. The Bertz CT molecular complexity index is 557. The zero-order chi connectivity index (χ0) is 15.6. The summed E-state index contributed by atoms with van der Waals surface area (Å²) in [6, 6.07) is 5.16. The van der Waals surface area contributed by atoms with Gasteiger partial charge < -0.3 is 20.2 Å². The largest absolute Gasteiger partial charge is 0.478 e. The molecule has 1 aromatic rings. The number of carboxylic acid groups (broad SMARTS) is 1. The number of carboxylic acids is 1. The second-order valence-corrected chi connectivity index (χ2v) is 5.64. The number of urea groups is 1. The number of amides is 2. The number of hydrogen-bond donors (Lipinski definition) is 2. The van der Waals surface area contributed by atoms with Crippen LogP contribution in [-0.2, 0) is 13.1 Å². The van der Waals surface area contributed by atoms with E-state index >= 15 is 0 Å². The van der Waals surface area contributed by atoms with Gasteiger partial charge in [0, 0.05) is 25.7 Å². The molecule has 1 aliphatic heterocycles. The van der Waals surface area contributed by atoms with Gasteiger partial charge in [-0.2, -0.15) is 0 Å². The lowest BCUT2D eigenvalue weighted by Crippen LogP contribution is -2.43. The second-order valence-electron chi connectivity index (χ2n) is 5.64. The van der Waals surface area contributed by atoms with Crippen molar-refractivity contribution >= 4 is 12.0 Å². The molecule has 0 saturated heterocycles. The van der Waals surface area contributed by atoms with E-state index in [1.807, 2.05) is 25.9 Å². The summed E-state index contributed by atoms with van der Waals surface area (Å²) < 4.78 is 0. The normalized spacial score (nSPS) is 15.0. The van der Waals surface area contributed by atoms with Crippen molar-refractivity contribution in [1.82, 2.24) is 15.1 Å². The number of benzene rings is 1. The van der Waals surface area contributed by atoms with Crippen LogP contribution >= 0.6 is 0 Å². The molecule has 1 atom stereocenters. The predicted octanol–water partition coefficient (Wildman–Crippen LogP) is 1.36. The molecule has 114 valence electrons. The van der Waals surface area contributed by atoms with Crippen LogP contribution in [0.15, 0.2) is 18.2 Å². The SMILES string of the molecule is CC(CNC(=O)N1Cc2ccc(C(=O)O)cc2C1)N(C)C. The molecule has 2 rings (SSSR count). The standard InChI is InChI=1S/C15H21N3O3/c1-10(17(2)3)7-16-15(21)18-8-12-5-4-11(14(19)20)6-13(12)9-18/h4-6,10H,7-9H2,1-3H3,(H,16,21)(H,19,20). The molecule has 6 nitrogen and oxygen atoms in total. The van der Waals surface area contributed by atoms with E-state index in [9.17, 15) is 9.59 Å². The van der Waals surface area contributed by atoms with Gasteiger partial charge >= 0.3 is 12.0 Å². The van der Waals surface area contributed by atoms with Gasteiger partial charge in [0.25, 0.3) is 0 Å². The van der Waals surface area contributed by atoms with Crippen molar-refractivity contribution in [2.75, 3.05) is 20.6 Å². The van der Waals surface area contributed by atoms with Crippen LogP contribution in [0.3, 0.4) is 0 Å². The number of rotatable bonds is 4. The number of likely N-dealkylation sites (N-methyl/N-ethyl adjacent to an activating group) is 1. The van der Waals surface area contributed by atoms with E-state index in [0.29, 0.717) is 19.6 Å². The summed E-state index contributed by atoms with van der Waals surface area (Å²) in [6.07, 6.45) is 0. The van der Waals surface area contributed by atoms with Crippen LogP contribution in [0.25, 0.3) is 0 Å². The molecule has 2 N–H and O–H groups in total. The Hall–Kier alpha value is -2.08. The van der Waals surface area contributed by atoms with Crippen LogP contribution < -0.4 is 5.32 Å². The van der Waals surface area contributed by atoms with Crippen molar-refractivity contribution in [3.05, 3.63) is 34.9 Å². The molecular weight excluding hydrogens is 270 g/mol. The number of fused-ring (bicyclic) bond motifs is 1. The van der Waals surface area contributed by atoms with Gasteiger partial charge in [-0.1, -0.05) is 6.07 Å². The summed E-state index contributed by atoms with van der Waals surface area (Å²) in [7, 11) is 3.94. The highest BCUT2D eigenvalue weighted by atomic mass is 16.4. The summed E-state index contributed by atoms with van der Waals surface area (Å²) in [5, 5.41) is 11.9. The lowest BCUT2D eigenvalue weighted by Gasteiger charge is -2.22. The minimum absolute atomic E-state index is 0.114. The van der Waals surface area contributed by atoms with Gasteiger partial charge in [0.05, 0.1) is 5.56 Å². The molecule has 0 fully saturated rings. The summed E-state index contributed by atoms with van der Waals surface area (Å²) in [6.45, 7) is 3.60. The van der Waals surface area contributed by atoms with Crippen LogP contribution in [0.2, 0.25) is 0 Å². The molecule has 0 saturated carbocycles. The third-order valence-corrected chi connectivity index (χ3v) is 3.89. The van der Waals surface area contributed by atoms with Gasteiger partial charge in [-0.25, -0.2) is 9.59 Å². The molecule has 6 heteroatoms. The van der Waals surface area contributed by atoms with Crippen molar-refractivity contribution in [2.45, 2.75) is 26.1 Å². The summed E-state index contributed by atoms with van der Waals surface area (Å²) in [5.74, 6) is -0.944. The van der Waals surface area contributed by atoms with Gasteiger partial charge in [-0.15, -0.1) is 0 Å². The molecule has 1 aromatic carbocycles. The van der Waals surface area contributed by atoms with E-state index in [1.54, 1.807) is 23.1 Å². The molecule has 1 unspecified atom stereocenters. The van der Waals surface area contributed by atoms with Gasteiger partial charge in [0.15, 0.2) is 0 Å². The fraction of sp³-hybridized carbons (Fsp3) is 0.467. The van der Waals surface area contributed by atoms with E-state index in [2.05, 4.69) is 5.32 Å². The molecule has 0 aliphatic carbocycles.